The van der Waals surface area contributed by atoms with E-state index in [9.17, 15) is 4.79 Å². The zero-order valence-electron chi connectivity index (χ0n) is 13.2. The summed E-state index contributed by atoms with van der Waals surface area (Å²) in [6, 6.07) is 7.78. The van der Waals surface area contributed by atoms with Gasteiger partial charge in [-0.2, -0.15) is 0 Å². The molecular formula is C16H25N3OS. The van der Waals surface area contributed by atoms with Gasteiger partial charge in [0.25, 0.3) is 0 Å². The van der Waals surface area contributed by atoms with E-state index in [1.54, 1.807) is 6.92 Å². The maximum absolute atomic E-state index is 11.7. The van der Waals surface area contributed by atoms with Gasteiger partial charge in [0.1, 0.15) is 6.04 Å². The van der Waals surface area contributed by atoms with Crippen molar-refractivity contribution in [2.24, 2.45) is 0 Å². The molecule has 1 aromatic rings. The molecule has 1 rings (SSSR count). The van der Waals surface area contributed by atoms with Crippen molar-refractivity contribution in [1.29, 1.82) is 0 Å². The smallest absolute Gasteiger partial charge is 0.242 e. The second-order valence-corrected chi connectivity index (χ2v) is 5.80. The molecule has 116 valence electrons. The molecule has 5 heteroatoms. The third-order valence-electron chi connectivity index (χ3n) is 3.13. The van der Waals surface area contributed by atoms with Gasteiger partial charge in [-0.05, 0) is 49.2 Å². The van der Waals surface area contributed by atoms with Gasteiger partial charge in [0.2, 0.25) is 5.91 Å². The van der Waals surface area contributed by atoms with E-state index in [1.165, 1.54) is 5.56 Å². The SMILES string of the molecule is CCCNC(=O)[C@@H](C)NC(=S)Nc1ccc(C(C)C)cc1. The van der Waals surface area contributed by atoms with E-state index in [0.29, 0.717) is 17.6 Å². The molecule has 0 bridgehead atoms. The van der Waals surface area contributed by atoms with Crippen LogP contribution in [0.5, 0.6) is 0 Å². The Hall–Kier alpha value is -1.62. The van der Waals surface area contributed by atoms with E-state index in [4.69, 9.17) is 12.2 Å². The summed E-state index contributed by atoms with van der Waals surface area (Å²) in [7, 11) is 0. The predicted octanol–water partition coefficient (Wildman–Crippen LogP) is 3.01. The van der Waals surface area contributed by atoms with Crippen LogP contribution in [0.2, 0.25) is 0 Å². The zero-order chi connectivity index (χ0) is 15.8. The molecule has 21 heavy (non-hydrogen) atoms. The second kappa shape index (κ2) is 8.62. The summed E-state index contributed by atoms with van der Waals surface area (Å²) in [5, 5.41) is 9.36. The molecule has 0 saturated carbocycles. The first-order valence-electron chi connectivity index (χ1n) is 7.39. The van der Waals surface area contributed by atoms with E-state index < -0.39 is 0 Å². The lowest BCUT2D eigenvalue weighted by atomic mass is 10.0. The van der Waals surface area contributed by atoms with Crippen LogP contribution in [0.3, 0.4) is 0 Å². The van der Waals surface area contributed by atoms with Crippen LogP contribution in [-0.4, -0.2) is 23.6 Å². The molecule has 0 saturated heterocycles. The van der Waals surface area contributed by atoms with Crippen LogP contribution in [-0.2, 0) is 4.79 Å². The number of hydrogen-bond acceptors (Lipinski definition) is 2. The first-order chi connectivity index (χ1) is 9.93. The lowest BCUT2D eigenvalue weighted by Crippen LogP contribution is -2.46. The molecule has 1 aromatic carbocycles. The number of anilines is 1. The zero-order valence-corrected chi connectivity index (χ0v) is 14.0. The summed E-state index contributed by atoms with van der Waals surface area (Å²) in [4.78, 5) is 11.7. The summed E-state index contributed by atoms with van der Waals surface area (Å²) in [6.07, 6.45) is 0.920. The fraction of sp³-hybridized carbons (Fsp3) is 0.500. The van der Waals surface area contributed by atoms with Crippen LogP contribution in [0.25, 0.3) is 0 Å². The Morgan fingerprint density at radius 2 is 1.81 bits per heavy atom. The average Bonchev–Trinajstić information content (AvgIpc) is 2.45. The number of benzene rings is 1. The Morgan fingerprint density at radius 1 is 1.19 bits per heavy atom. The normalized spacial score (nSPS) is 11.9. The van der Waals surface area contributed by atoms with Gasteiger partial charge in [0.05, 0.1) is 0 Å². The maximum Gasteiger partial charge on any atom is 0.242 e. The topological polar surface area (TPSA) is 53.2 Å². The molecule has 1 amide bonds. The quantitative estimate of drug-likeness (QED) is 0.707. The molecule has 0 aromatic heterocycles. The van der Waals surface area contributed by atoms with Gasteiger partial charge < -0.3 is 16.0 Å². The molecular weight excluding hydrogens is 282 g/mol. The van der Waals surface area contributed by atoms with Gasteiger partial charge in [0.15, 0.2) is 5.11 Å². The highest BCUT2D eigenvalue weighted by Gasteiger charge is 2.12. The lowest BCUT2D eigenvalue weighted by molar-refractivity contribution is -0.122. The number of rotatable bonds is 6. The number of amides is 1. The predicted molar refractivity (Wildman–Crippen MR) is 92.7 cm³/mol. The van der Waals surface area contributed by atoms with Gasteiger partial charge in [-0.3, -0.25) is 4.79 Å². The van der Waals surface area contributed by atoms with E-state index in [1.807, 2.05) is 19.1 Å². The lowest BCUT2D eigenvalue weighted by Gasteiger charge is -2.17. The van der Waals surface area contributed by atoms with Gasteiger partial charge in [-0.25, -0.2) is 0 Å². The number of hydrogen-bond donors (Lipinski definition) is 3. The largest absolute Gasteiger partial charge is 0.354 e. The molecule has 0 radical (unpaired) electrons. The first-order valence-corrected chi connectivity index (χ1v) is 7.80. The van der Waals surface area contributed by atoms with Crippen molar-refractivity contribution in [3.8, 4) is 0 Å². The van der Waals surface area contributed by atoms with Crippen LogP contribution in [0, 0.1) is 0 Å². The van der Waals surface area contributed by atoms with Gasteiger partial charge in [0, 0.05) is 12.2 Å². The van der Waals surface area contributed by atoms with Gasteiger partial charge in [-0.15, -0.1) is 0 Å². The molecule has 0 unspecified atom stereocenters. The van der Waals surface area contributed by atoms with E-state index in [2.05, 4.69) is 41.9 Å². The van der Waals surface area contributed by atoms with E-state index in [0.717, 1.165) is 12.1 Å². The Bertz CT molecular complexity index is 471. The highest BCUT2D eigenvalue weighted by Crippen LogP contribution is 2.16. The van der Waals surface area contributed by atoms with Crippen molar-refractivity contribution >= 4 is 28.9 Å². The van der Waals surface area contributed by atoms with Crippen LogP contribution in [0.15, 0.2) is 24.3 Å². The molecule has 4 nitrogen and oxygen atoms in total. The van der Waals surface area contributed by atoms with Crippen molar-refractivity contribution in [3.05, 3.63) is 29.8 Å². The molecule has 0 heterocycles. The van der Waals surface area contributed by atoms with Crippen LogP contribution >= 0.6 is 12.2 Å². The third-order valence-corrected chi connectivity index (χ3v) is 3.35. The summed E-state index contributed by atoms with van der Waals surface area (Å²) < 4.78 is 0. The molecule has 0 fully saturated rings. The minimum absolute atomic E-state index is 0.0452. The Labute approximate surface area is 132 Å². The fourth-order valence-electron chi connectivity index (χ4n) is 1.78. The van der Waals surface area contributed by atoms with Gasteiger partial charge >= 0.3 is 0 Å². The van der Waals surface area contributed by atoms with Crippen molar-refractivity contribution in [1.82, 2.24) is 10.6 Å². The van der Waals surface area contributed by atoms with Crippen LogP contribution in [0.4, 0.5) is 5.69 Å². The van der Waals surface area contributed by atoms with Gasteiger partial charge in [-0.1, -0.05) is 32.9 Å². The maximum atomic E-state index is 11.7. The monoisotopic (exact) mass is 307 g/mol. The molecule has 0 aliphatic heterocycles. The standard InChI is InChI=1S/C16H25N3OS/c1-5-10-17-15(20)12(4)18-16(21)19-14-8-6-13(7-9-14)11(2)3/h6-9,11-12H,5,10H2,1-4H3,(H,17,20)(H2,18,19,21)/t12-/m1/s1. The minimum Gasteiger partial charge on any atom is -0.354 e. The van der Waals surface area contributed by atoms with Crippen LogP contribution < -0.4 is 16.0 Å². The third kappa shape index (κ3) is 6.12. The highest BCUT2D eigenvalue weighted by molar-refractivity contribution is 7.80. The van der Waals surface area contributed by atoms with E-state index in [-0.39, 0.29) is 11.9 Å². The molecule has 3 N–H and O–H groups in total. The Kier molecular flexibility index (Phi) is 7.15. The molecule has 1 atom stereocenters. The molecule has 0 spiro atoms. The summed E-state index contributed by atoms with van der Waals surface area (Å²) in [5.41, 5.74) is 2.20. The highest BCUT2D eigenvalue weighted by atomic mass is 32.1. The summed E-state index contributed by atoms with van der Waals surface area (Å²) in [6.45, 7) is 8.81. The second-order valence-electron chi connectivity index (χ2n) is 5.39. The van der Waals surface area contributed by atoms with Crippen molar-refractivity contribution in [3.63, 3.8) is 0 Å². The first kappa shape index (κ1) is 17.4. The summed E-state index contributed by atoms with van der Waals surface area (Å²) >= 11 is 5.23. The Morgan fingerprint density at radius 3 is 2.33 bits per heavy atom. The number of carbonyl (C=O) groups excluding carboxylic acids is 1. The van der Waals surface area contributed by atoms with Crippen LogP contribution in [0.1, 0.15) is 45.6 Å². The number of thiocarbonyl (C=S) groups is 1. The van der Waals surface area contributed by atoms with E-state index >= 15 is 0 Å². The van der Waals surface area contributed by atoms with Crippen molar-refractivity contribution in [2.75, 3.05) is 11.9 Å². The number of nitrogens with one attached hydrogen (secondary N) is 3. The Balaban J connectivity index is 2.47. The molecule has 0 aliphatic rings. The summed E-state index contributed by atoms with van der Waals surface area (Å²) in [5.74, 6) is 0.461. The van der Waals surface area contributed by atoms with Crippen molar-refractivity contribution in [2.45, 2.75) is 46.1 Å². The molecule has 0 aliphatic carbocycles. The fourth-order valence-corrected chi connectivity index (χ4v) is 2.08. The number of carbonyl (C=O) groups is 1. The van der Waals surface area contributed by atoms with Crippen molar-refractivity contribution < 1.29 is 4.79 Å². The average molecular weight is 307 g/mol. The minimum atomic E-state index is -0.355.